The Kier molecular flexibility index (Phi) is 3.64. The van der Waals surface area contributed by atoms with E-state index in [9.17, 15) is 9.59 Å². The summed E-state index contributed by atoms with van der Waals surface area (Å²) < 4.78 is 60.8. The lowest BCUT2D eigenvalue weighted by molar-refractivity contribution is 0.0774. The molecule has 2 aromatic carbocycles. The molecule has 2 aromatic rings. The van der Waals surface area contributed by atoms with Crippen LogP contribution in [0.5, 0.6) is 0 Å². The summed E-state index contributed by atoms with van der Waals surface area (Å²) in [5.74, 6) is -0.434. The van der Waals surface area contributed by atoms with Gasteiger partial charge >= 0.3 is 6.09 Å². The summed E-state index contributed by atoms with van der Waals surface area (Å²) in [6, 6.07) is 2.91. The van der Waals surface area contributed by atoms with Crippen LogP contribution in [0.25, 0.3) is 0 Å². The molecule has 0 aliphatic carbocycles. The van der Waals surface area contributed by atoms with Crippen LogP contribution in [-0.4, -0.2) is 37.1 Å². The minimum Gasteiger partial charge on any atom is -0.452 e. The maximum Gasteiger partial charge on any atom is 0.418 e. The maximum atomic E-state index is 13.1. The van der Waals surface area contributed by atoms with Gasteiger partial charge in [-0.3, -0.25) is 4.79 Å². The molecule has 0 aliphatic heterocycles. The Morgan fingerprint density at radius 2 is 1.80 bits per heavy atom. The molecule has 0 spiro atoms. The minimum atomic E-state index is -2.99. The van der Waals surface area contributed by atoms with Crippen molar-refractivity contribution in [1.29, 1.82) is 0 Å². The lowest BCUT2D eigenvalue weighted by atomic mass is 10.1. The number of hydrogen-bond donors (Lipinski definition) is 0. The molecule has 0 aliphatic rings. The normalized spacial score (nSPS) is 14.8. The summed E-state index contributed by atoms with van der Waals surface area (Å²) in [5.41, 5.74) is -1.36. The molecule has 5 nitrogen and oxygen atoms in total. The molecule has 0 fully saturated rings. The topological polar surface area (TPSA) is 49.9 Å². The average molecular weight is 347 g/mol. The molecule has 0 atom stereocenters. The predicted octanol–water partition coefficient (Wildman–Crippen LogP) is 4.38. The molecule has 0 N–H and O–H groups in total. The Bertz CT molecular complexity index is 1040. The summed E-state index contributed by atoms with van der Waals surface area (Å²) in [6.45, 7) is 1.33. The lowest BCUT2D eigenvalue weighted by Crippen LogP contribution is -2.33. The molecule has 0 saturated heterocycles. The summed E-state index contributed by atoms with van der Waals surface area (Å²) in [6.07, 6.45) is -1.11. The summed E-state index contributed by atoms with van der Waals surface area (Å²) in [7, 11) is 1.05. The molecule has 0 bridgehead atoms. The maximum absolute atomic E-state index is 13.1. The van der Waals surface area contributed by atoms with E-state index in [1.165, 1.54) is 23.1 Å². The highest BCUT2D eigenvalue weighted by molar-refractivity contribution is 6.06. The molecule has 2 rings (SSSR count). The van der Waals surface area contributed by atoms with Crippen LogP contribution in [0, 0.1) is 6.85 Å². The highest BCUT2D eigenvalue weighted by atomic mass is 16.5. The van der Waals surface area contributed by atoms with Crippen LogP contribution in [-0.2, 0) is 4.74 Å². The highest BCUT2D eigenvalue weighted by Crippen LogP contribution is 2.32. The van der Waals surface area contributed by atoms with Crippen molar-refractivity contribution in [3.8, 4) is 0 Å². The van der Waals surface area contributed by atoms with Crippen LogP contribution in [0.3, 0.4) is 0 Å². The molecule has 132 valence electrons. The summed E-state index contributed by atoms with van der Waals surface area (Å²) in [4.78, 5) is 28.2. The van der Waals surface area contributed by atoms with E-state index >= 15 is 0 Å². The van der Waals surface area contributed by atoms with E-state index in [0.717, 1.165) is 12.0 Å². The van der Waals surface area contributed by atoms with Crippen molar-refractivity contribution in [3.63, 3.8) is 0 Å². The zero-order valence-electron chi connectivity index (χ0n) is 21.3. The van der Waals surface area contributed by atoms with E-state index in [4.69, 9.17) is 14.3 Å². The van der Waals surface area contributed by atoms with Crippen LogP contribution in [0.15, 0.2) is 48.4 Å². The van der Waals surface area contributed by atoms with Crippen molar-refractivity contribution in [2.24, 2.45) is 0 Å². The Morgan fingerprint density at radius 3 is 2.44 bits per heavy atom. The van der Waals surface area contributed by atoms with E-state index in [2.05, 4.69) is 0 Å². The van der Waals surface area contributed by atoms with E-state index in [0.29, 0.717) is 13.1 Å². The van der Waals surface area contributed by atoms with Crippen LogP contribution >= 0.6 is 0 Å². The number of benzene rings is 2. The summed E-state index contributed by atoms with van der Waals surface area (Å²) in [5, 5.41) is 0. The molecule has 2 amide bonds. The molecule has 5 heteroatoms. The van der Waals surface area contributed by atoms with Gasteiger partial charge in [0.1, 0.15) is 0 Å². The largest absolute Gasteiger partial charge is 0.452 e. The SMILES string of the molecule is [2H]c1c([2H])c([2H])c(C([2H])([2H])[2H])c(N(C(=O)OC)c2ccccc2C(=O)N(CC)CC)c1[2H]. The van der Waals surface area contributed by atoms with Crippen molar-refractivity contribution in [2.45, 2.75) is 20.7 Å². The van der Waals surface area contributed by atoms with Gasteiger partial charge in [0.25, 0.3) is 5.91 Å². The molecule has 0 unspecified atom stereocenters. The van der Waals surface area contributed by atoms with Gasteiger partial charge in [-0.15, -0.1) is 0 Å². The number of carbonyl (C=O) groups excluding carboxylic acids is 2. The molecule has 0 heterocycles. The third kappa shape index (κ3) is 3.82. The van der Waals surface area contributed by atoms with Gasteiger partial charge in [-0.2, -0.15) is 0 Å². The van der Waals surface area contributed by atoms with Crippen molar-refractivity contribution < 1.29 is 23.9 Å². The Balaban J connectivity index is 2.98. The number of anilines is 2. The van der Waals surface area contributed by atoms with Gasteiger partial charge in [-0.25, -0.2) is 9.69 Å². The lowest BCUT2D eigenvalue weighted by Gasteiger charge is -2.27. The second kappa shape index (κ2) is 8.33. The van der Waals surface area contributed by atoms with Crippen LogP contribution in [0.1, 0.15) is 39.4 Å². The molecule has 0 aromatic heterocycles. The van der Waals surface area contributed by atoms with Gasteiger partial charge in [0, 0.05) is 17.2 Å². The van der Waals surface area contributed by atoms with Gasteiger partial charge < -0.3 is 9.64 Å². The smallest absolute Gasteiger partial charge is 0.418 e. The third-order valence-electron chi connectivity index (χ3n) is 3.67. The van der Waals surface area contributed by atoms with E-state index in [1.807, 2.05) is 0 Å². The number of amides is 2. The third-order valence-corrected chi connectivity index (χ3v) is 3.67. The fraction of sp³-hybridized carbons (Fsp3) is 0.300. The van der Waals surface area contributed by atoms with E-state index in [-0.39, 0.29) is 11.3 Å². The van der Waals surface area contributed by atoms with Gasteiger partial charge in [0.2, 0.25) is 0 Å². The number of para-hydroxylation sites is 2. The average Bonchev–Trinajstić information content (AvgIpc) is 2.75. The fourth-order valence-corrected chi connectivity index (χ4v) is 2.41. The number of nitrogens with zero attached hydrogens (tertiary/aromatic N) is 2. The first-order valence-electron chi connectivity index (χ1n) is 11.3. The van der Waals surface area contributed by atoms with E-state index < -0.39 is 54.3 Å². The Morgan fingerprint density at radius 1 is 1.12 bits per heavy atom. The van der Waals surface area contributed by atoms with Crippen LogP contribution < -0.4 is 4.90 Å². The highest BCUT2D eigenvalue weighted by Gasteiger charge is 2.26. The van der Waals surface area contributed by atoms with Crippen molar-refractivity contribution >= 4 is 23.4 Å². The number of methoxy groups -OCH3 is 1. The van der Waals surface area contributed by atoms with Crippen molar-refractivity contribution in [2.75, 3.05) is 25.1 Å². The first-order chi connectivity index (χ1) is 14.9. The van der Waals surface area contributed by atoms with Gasteiger partial charge in [0.05, 0.1) is 29.5 Å². The van der Waals surface area contributed by atoms with Gasteiger partial charge in [-0.05, 0) is 44.4 Å². The second-order valence-corrected chi connectivity index (χ2v) is 5.02. The molecule has 0 saturated carbocycles. The monoisotopic (exact) mass is 347 g/mol. The standard InChI is InChI=1S/C20H24N2O3/c1-5-21(6-2)19(23)16-12-8-10-14-18(16)22(20(24)25-4)17-13-9-7-11-15(17)3/h7-14H,5-6H2,1-4H3/i3D3,7D,9D,11D,13D. The number of ether oxygens (including phenoxy) is 1. The van der Waals surface area contributed by atoms with Gasteiger partial charge in [0.15, 0.2) is 0 Å². The van der Waals surface area contributed by atoms with Crippen LogP contribution in [0.4, 0.5) is 16.2 Å². The molecular formula is C20H24N2O3. The zero-order valence-corrected chi connectivity index (χ0v) is 14.3. The summed E-state index contributed by atoms with van der Waals surface area (Å²) >= 11 is 0. The second-order valence-electron chi connectivity index (χ2n) is 5.02. The van der Waals surface area contributed by atoms with E-state index in [1.54, 1.807) is 19.9 Å². The van der Waals surface area contributed by atoms with Gasteiger partial charge in [-0.1, -0.05) is 30.3 Å². The first-order valence-corrected chi connectivity index (χ1v) is 7.79. The molecule has 25 heavy (non-hydrogen) atoms. The zero-order chi connectivity index (χ0) is 24.4. The molecular weight excluding hydrogens is 316 g/mol. The first kappa shape index (κ1) is 10.9. The fourth-order valence-electron chi connectivity index (χ4n) is 2.41. The number of carbonyl (C=O) groups is 2. The molecule has 0 radical (unpaired) electrons. The number of rotatable bonds is 5. The number of hydrogen-bond acceptors (Lipinski definition) is 3. The van der Waals surface area contributed by atoms with Crippen molar-refractivity contribution in [1.82, 2.24) is 4.90 Å². The Labute approximate surface area is 158 Å². The van der Waals surface area contributed by atoms with Crippen LogP contribution in [0.2, 0.25) is 0 Å². The van der Waals surface area contributed by atoms with Crippen molar-refractivity contribution in [3.05, 3.63) is 59.6 Å². The quantitative estimate of drug-likeness (QED) is 0.806. The Hall–Kier alpha value is -2.82. The predicted molar refractivity (Wildman–Crippen MR) is 99.4 cm³/mol. The minimum absolute atomic E-state index is 0.0468.